The number of rotatable bonds is 5. The van der Waals surface area contributed by atoms with Crippen LogP contribution < -0.4 is 27.3 Å². The predicted octanol–water partition coefficient (Wildman–Crippen LogP) is 2.92. The van der Waals surface area contributed by atoms with Gasteiger partial charge < -0.3 is 0 Å². The molecule has 0 amide bonds. The van der Waals surface area contributed by atoms with E-state index in [2.05, 4.69) is 66.7 Å². The summed E-state index contributed by atoms with van der Waals surface area (Å²) >= 11 is 0. The van der Waals surface area contributed by atoms with E-state index in [-0.39, 0.29) is 16.4 Å². The summed E-state index contributed by atoms with van der Waals surface area (Å²) < 4.78 is 1.97. The van der Waals surface area contributed by atoms with Gasteiger partial charge in [-0.2, -0.15) is 0 Å². The molecular formula is C40H20B8N2. The van der Waals surface area contributed by atoms with Crippen LogP contribution in [0.4, 0.5) is 0 Å². The highest BCUT2D eigenvalue weighted by atomic mass is 15.1. The molecule has 16 radical (unpaired) electrons. The van der Waals surface area contributed by atoms with E-state index in [0.717, 1.165) is 66.1 Å². The maximum absolute atomic E-state index is 6.40. The van der Waals surface area contributed by atoms with E-state index >= 15 is 0 Å². The van der Waals surface area contributed by atoms with Crippen molar-refractivity contribution in [1.82, 2.24) is 9.55 Å². The van der Waals surface area contributed by atoms with E-state index in [9.17, 15) is 0 Å². The first-order chi connectivity index (χ1) is 24.1. The zero-order chi connectivity index (χ0) is 34.9. The van der Waals surface area contributed by atoms with Crippen LogP contribution >= 0.6 is 0 Å². The van der Waals surface area contributed by atoms with E-state index in [4.69, 9.17) is 67.8 Å². The Morgan fingerprint density at radius 1 is 0.440 bits per heavy atom. The quantitative estimate of drug-likeness (QED) is 0.215. The molecule has 0 spiro atoms. The van der Waals surface area contributed by atoms with Gasteiger partial charge in [-0.1, -0.05) is 119 Å². The van der Waals surface area contributed by atoms with Gasteiger partial charge in [-0.15, -0.1) is 16.4 Å². The third-order valence-corrected chi connectivity index (χ3v) is 9.46. The fourth-order valence-electron chi connectivity index (χ4n) is 7.13. The maximum atomic E-state index is 6.40. The predicted molar refractivity (Wildman–Crippen MR) is 218 cm³/mol. The Morgan fingerprint density at radius 2 is 0.880 bits per heavy atom. The van der Waals surface area contributed by atoms with Crippen molar-refractivity contribution in [3.63, 3.8) is 0 Å². The molecule has 10 heteroatoms. The summed E-state index contributed by atoms with van der Waals surface area (Å²) in [5, 5.41) is 2.59. The smallest absolute Gasteiger partial charge is 0.113 e. The molecular weight excluding hydrogens is 595 g/mol. The van der Waals surface area contributed by atoms with Gasteiger partial charge in [0.2, 0.25) is 0 Å². The summed E-state index contributed by atoms with van der Waals surface area (Å²) in [5.74, 6) is 0.349. The van der Waals surface area contributed by atoms with E-state index in [0.29, 0.717) is 22.3 Å². The van der Waals surface area contributed by atoms with Crippen LogP contribution in [0.3, 0.4) is 0 Å². The van der Waals surface area contributed by atoms with Gasteiger partial charge in [-0.3, -0.25) is 4.57 Å². The summed E-state index contributed by atoms with van der Waals surface area (Å²) in [7, 11) is 50.2. The molecule has 0 atom stereocenters. The number of benzene rings is 7. The molecule has 0 saturated heterocycles. The van der Waals surface area contributed by atoms with Crippen molar-refractivity contribution in [1.29, 1.82) is 0 Å². The first-order valence-electron chi connectivity index (χ1n) is 16.1. The van der Waals surface area contributed by atoms with Crippen molar-refractivity contribution in [2.75, 3.05) is 0 Å². The van der Waals surface area contributed by atoms with Crippen LogP contribution in [0, 0.1) is 0 Å². The third-order valence-electron chi connectivity index (χ3n) is 9.46. The van der Waals surface area contributed by atoms with Gasteiger partial charge in [0, 0.05) is 5.56 Å². The molecule has 0 saturated carbocycles. The molecule has 50 heavy (non-hydrogen) atoms. The Bertz CT molecular complexity index is 2550. The van der Waals surface area contributed by atoms with Crippen LogP contribution in [0.15, 0.2) is 121 Å². The molecule has 8 rings (SSSR count). The molecule has 2 nitrogen and oxygen atoms in total. The molecule has 0 fully saturated rings. The van der Waals surface area contributed by atoms with Gasteiger partial charge in [-0.05, 0) is 67.6 Å². The van der Waals surface area contributed by atoms with Crippen LogP contribution in [0.25, 0.3) is 71.6 Å². The van der Waals surface area contributed by atoms with Gasteiger partial charge in [0.1, 0.15) is 39.2 Å². The summed E-state index contributed by atoms with van der Waals surface area (Å²) in [6.45, 7) is 0. The molecule has 214 valence electrons. The van der Waals surface area contributed by atoms with Crippen molar-refractivity contribution in [3.05, 3.63) is 127 Å². The van der Waals surface area contributed by atoms with Crippen molar-refractivity contribution >= 4 is 123 Å². The summed E-state index contributed by atoms with van der Waals surface area (Å²) in [5.41, 5.74) is 9.11. The molecule has 0 unspecified atom stereocenters. The molecule has 0 aliphatic rings. The number of hydrogen-bond acceptors (Lipinski definition) is 1. The van der Waals surface area contributed by atoms with Crippen LogP contribution in [0.5, 0.6) is 0 Å². The average molecular weight is 615 g/mol. The maximum Gasteiger partial charge on any atom is 0.113 e. The number of imidazole rings is 1. The van der Waals surface area contributed by atoms with Crippen molar-refractivity contribution in [2.45, 2.75) is 5.11 Å². The molecule has 8 aromatic rings. The third kappa shape index (κ3) is 5.03. The van der Waals surface area contributed by atoms with E-state index in [1.54, 1.807) is 0 Å². The van der Waals surface area contributed by atoms with E-state index in [1.807, 2.05) is 59.2 Å². The summed E-state index contributed by atoms with van der Waals surface area (Å²) in [6.07, 6.45) is 0. The fraction of sp³-hybridized carbons (Fsp3) is 0.0250. The minimum Gasteiger partial charge on any atom is -0.297 e. The minimum atomic E-state index is -1.69. The molecule has 0 aliphatic heterocycles. The monoisotopic (exact) mass is 616 g/mol. The average Bonchev–Trinajstić information content (AvgIpc) is 3.53. The lowest BCUT2D eigenvalue weighted by Crippen LogP contribution is -2.55. The number of nitrogens with zero attached hydrogens (tertiary/aromatic N) is 2. The second-order valence-corrected chi connectivity index (χ2v) is 12.6. The number of aromatic nitrogens is 2. The Kier molecular flexibility index (Phi) is 7.83. The van der Waals surface area contributed by atoms with Gasteiger partial charge in [0.25, 0.3) is 0 Å². The van der Waals surface area contributed by atoms with Crippen molar-refractivity contribution < 1.29 is 0 Å². The van der Waals surface area contributed by atoms with E-state index < -0.39 is 5.11 Å². The van der Waals surface area contributed by atoms with Crippen LogP contribution in [0.2, 0.25) is 0 Å². The highest BCUT2D eigenvalue weighted by molar-refractivity contribution is 6.68. The van der Waals surface area contributed by atoms with Crippen LogP contribution in [-0.2, 0) is 5.11 Å². The van der Waals surface area contributed by atoms with Crippen LogP contribution in [0.1, 0.15) is 5.82 Å². The Morgan fingerprint density at radius 3 is 1.44 bits per heavy atom. The SMILES string of the molecule is [B]c1c([B])c([B])c(-c2ccc(-c3c4ccccc4c(-c4ccccc4-n4c(C([B])([B])[B])nc5ccccc54)c4ccccc34)cc2)c([B])c1[B]. The second kappa shape index (κ2) is 12.1. The molecule has 0 N–H and O–H groups in total. The van der Waals surface area contributed by atoms with E-state index in [1.165, 1.54) is 0 Å². The fourth-order valence-corrected chi connectivity index (χ4v) is 7.13. The van der Waals surface area contributed by atoms with Gasteiger partial charge in [0.15, 0.2) is 0 Å². The lowest BCUT2D eigenvalue weighted by atomic mass is 9.42. The minimum absolute atomic E-state index is 0.186. The van der Waals surface area contributed by atoms with Gasteiger partial charge in [0.05, 0.1) is 46.1 Å². The Hall–Kier alpha value is -4.95. The van der Waals surface area contributed by atoms with Crippen molar-refractivity contribution in [2.24, 2.45) is 0 Å². The Labute approximate surface area is 302 Å². The lowest BCUT2D eigenvalue weighted by Gasteiger charge is -2.24. The lowest BCUT2D eigenvalue weighted by molar-refractivity contribution is 0.931. The van der Waals surface area contributed by atoms with Crippen LogP contribution in [-0.4, -0.2) is 72.3 Å². The normalized spacial score (nSPS) is 11.8. The van der Waals surface area contributed by atoms with Gasteiger partial charge in [-0.25, -0.2) is 4.98 Å². The Balaban J connectivity index is 1.39. The summed E-state index contributed by atoms with van der Waals surface area (Å²) in [4.78, 5) is 4.78. The molecule has 7 aromatic carbocycles. The summed E-state index contributed by atoms with van der Waals surface area (Å²) in [6, 6.07) is 40.9. The number of fused-ring (bicyclic) bond motifs is 3. The topological polar surface area (TPSA) is 17.8 Å². The standard InChI is InChI=1S/C40H20B8N2/c41-34-32(35(42)37(44)38(45)36(34)43)22-19-17-21(18-20-22)31-23-9-1-3-11-25(23)33(26-12-4-2-10-24(26)31)27-13-5-7-15-29(27)50-30-16-8-6-14-28(30)49-39(50)40(46,47)48/h1-20H. The second-order valence-electron chi connectivity index (χ2n) is 12.6. The number of hydrogen-bond donors (Lipinski definition) is 0. The number of para-hydroxylation sites is 3. The molecule has 0 aliphatic carbocycles. The first-order valence-corrected chi connectivity index (χ1v) is 16.1. The van der Waals surface area contributed by atoms with Crippen molar-refractivity contribution in [3.8, 4) is 39.1 Å². The first kappa shape index (κ1) is 32.3. The van der Waals surface area contributed by atoms with Gasteiger partial charge >= 0.3 is 0 Å². The highest BCUT2D eigenvalue weighted by Gasteiger charge is 2.25. The molecule has 1 heterocycles. The zero-order valence-electron chi connectivity index (χ0n) is 27.1. The largest absolute Gasteiger partial charge is 0.297 e. The zero-order valence-corrected chi connectivity index (χ0v) is 27.1. The molecule has 1 aromatic heterocycles. The molecule has 0 bridgehead atoms. The highest BCUT2D eigenvalue weighted by Crippen LogP contribution is 2.45.